The summed E-state index contributed by atoms with van der Waals surface area (Å²) in [5.41, 5.74) is 0.188. The molecule has 6 heteroatoms. The maximum Gasteiger partial charge on any atom is 0.274 e. The molecule has 1 aromatic carbocycles. The zero-order chi connectivity index (χ0) is 13.8. The summed E-state index contributed by atoms with van der Waals surface area (Å²) >= 11 is 0. The molecule has 0 spiro atoms. The quantitative estimate of drug-likeness (QED) is 0.673. The number of anilines is 1. The van der Waals surface area contributed by atoms with E-state index in [1.807, 2.05) is 0 Å². The molecule has 0 saturated heterocycles. The Morgan fingerprint density at radius 3 is 2.79 bits per heavy atom. The summed E-state index contributed by atoms with van der Waals surface area (Å²) in [6, 6.07) is 3.61. The summed E-state index contributed by atoms with van der Waals surface area (Å²) in [4.78, 5) is 10.1. The van der Waals surface area contributed by atoms with Crippen LogP contribution in [0.25, 0.3) is 0 Å². The molecule has 2 rings (SSSR count). The van der Waals surface area contributed by atoms with Gasteiger partial charge in [0.15, 0.2) is 0 Å². The van der Waals surface area contributed by atoms with Crippen molar-refractivity contribution in [3.8, 4) is 0 Å². The number of nitrogens with one attached hydrogen (secondary N) is 1. The summed E-state index contributed by atoms with van der Waals surface area (Å²) in [5, 5.41) is 13.9. The third kappa shape index (κ3) is 3.41. The van der Waals surface area contributed by atoms with Crippen LogP contribution in [0.1, 0.15) is 25.7 Å². The number of hydrogen-bond donors (Lipinski definition) is 1. The Hall–Kier alpha value is -1.69. The fourth-order valence-corrected chi connectivity index (χ4v) is 2.52. The van der Waals surface area contributed by atoms with Gasteiger partial charge in [0.05, 0.1) is 23.1 Å². The Morgan fingerprint density at radius 1 is 1.37 bits per heavy atom. The van der Waals surface area contributed by atoms with Gasteiger partial charge in [-0.2, -0.15) is 0 Å². The lowest BCUT2D eigenvalue weighted by atomic mass is 9.92. The molecule has 1 fully saturated rings. The summed E-state index contributed by atoms with van der Waals surface area (Å²) in [7, 11) is 1.65. The van der Waals surface area contributed by atoms with E-state index in [-0.39, 0.29) is 17.8 Å². The van der Waals surface area contributed by atoms with Crippen molar-refractivity contribution in [3.63, 3.8) is 0 Å². The van der Waals surface area contributed by atoms with Crippen LogP contribution in [-0.2, 0) is 4.74 Å². The topological polar surface area (TPSA) is 64.4 Å². The Morgan fingerprint density at radius 2 is 2.11 bits per heavy atom. The van der Waals surface area contributed by atoms with Crippen molar-refractivity contribution < 1.29 is 14.1 Å². The van der Waals surface area contributed by atoms with Crippen LogP contribution < -0.4 is 5.32 Å². The summed E-state index contributed by atoms with van der Waals surface area (Å²) in [5.74, 6) is -0.610. The zero-order valence-electron chi connectivity index (χ0n) is 10.8. The fourth-order valence-electron chi connectivity index (χ4n) is 2.52. The normalized spacial score (nSPS) is 23.1. The molecule has 0 radical (unpaired) electrons. The van der Waals surface area contributed by atoms with Gasteiger partial charge in [-0.05, 0) is 18.9 Å². The third-order valence-electron chi connectivity index (χ3n) is 3.45. The van der Waals surface area contributed by atoms with Crippen molar-refractivity contribution >= 4 is 11.4 Å². The number of ether oxygens (including phenoxy) is 1. The van der Waals surface area contributed by atoms with Crippen LogP contribution in [0, 0.1) is 15.9 Å². The number of benzene rings is 1. The van der Waals surface area contributed by atoms with E-state index in [9.17, 15) is 14.5 Å². The average Bonchev–Trinajstić information content (AvgIpc) is 2.38. The lowest BCUT2D eigenvalue weighted by Crippen LogP contribution is -2.37. The summed E-state index contributed by atoms with van der Waals surface area (Å²) in [6.07, 6.45) is 4.12. The molecule has 0 heterocycles. The highest BCUT2D eigenvalue weighted by Gasteiger charge is 2.25. The van der Waals surface area contributed by atoms with Crippen molar-refractivity contribution in [1.82, 2.24) is 0 Å². The fraction of sp³-hybridized carbons (Fsp3) is 0.538. The number of rotatable bonds is 4. The van der Waals surface area contributed by atoms with E-state index >= 15 is 0 Å². The van der Waals surface area contributed by atoms with Crippen LogP contribution in [0.5, 0.6) is 0 Å². The van der Waals surface area contributed by atoms with Gasteiger partial charge in [0, 0.05) is 18.9 Å². The standard InChI is InChI=1S/C13H17FN2O3/c1-19-13-5-3-2-4-12(13)15-10-6-9(14)7-11(8-10)16(17)18/h6-8,12-13,15H,2-5H2,1H3. The predicted octanol–water partition coefficient (Wildman–Crippen LogP) is 3.10. The van der Waals surface area contributed by atoms with Crippen LogP contribution >= 0.6 is 0 Å². The van der Waals surface area contributed by atoms with Gasteiger partial charge in [-0.15, -0.1) is 0 Å². The first-order valence-electron chi connectivity index (χ1n) is 6.34. The number of methoxy groups -OCH3 is 1. The molecule has 1 aliphatic carbocycles. The second kappa shape index (κ2) is 5.97. The first-order valence-corrected chi connectivity index (χ1v) is 6.34. The smallest absolute Gasteiger partial charge is 0.274 e. The van der Waals surface area contributed by atoms with E-state index in [0.717, 1.165) is 31.7 Å². The first-order chi connectivity index (χ1) is 9.10. The lowest BCUT2D eigenvalue weighted by Gasteiger charge is -2.31. The van der Waals surface area contributed by atoms with Crippen LogP contribution in [-0.4, -0.2) is 24.2 Å². The lowest BCUT2D eigenvalue weighted by molar-refractivity contribution is -0.385. The Labute approximate surface area is 110 Å². The van der Waals surface area contributed by atoms with Crippen molar-refractivity contribution in [1.29, 1.82) is 0 Å². The minimum atomic E-state index is -0.610. The van der Waals surface area contributed by atoms with Crippen LogP contribution in [0.2, 0.25) is 0 Å². The van der Waals surface area contributed by atoms with E-state index in [0.29, 0.717) is 5.69 Å². The second-order valence-corrected chi connectivity index (χ2v) is 4.76. The minimum absolute atomic E-state index is 0.0658. The molecule has 104 valence electrons. The van der Waals surface area contributed by atoms with Gasteiger partial charge < -0.3 is 10.1 Å². The van der Waals surface area contributed by atoms with Gasteiger partial charge in [-0.3, -0.25) is 10.1 Å². The van der Waals surface area contributed by atoms with Crippen molar-refractivity contribution in [2.45, 2.75) is 37.8 Å². The number of nitro groups is 1. The molecule has 1 aliphatic rings. The maximum atomic E-state index is 13.3. The molecule has 1 saturated carbocycles. The molecule has 2 unspecified atom stereocenters. The van der Waals surface area contributed by atoms with Crippen LogP contribution in [0.4, 0.5) is 15.8 Å². The number of nitro benzene ring substituents is 1. The third-order valence-corrected chi connectivity index (χ3v) is 3.45. The van der Waals surface area contributed by atoms with Gasteiger partial charge in [-0.1, -0.05) is 12.8 Å². The van der Waals surface area contributed by atoms with Gasteiger partial charge in [-0.25, -0.2) is 4.39 Å². The van der Waals surface area contributed by atoms with Gasteiger partial charge in [0.25, 0.3) is 5.69 Å². The number of halogens is 1. The molecule has 0 amide bonds. The molecule has 1 aromatic rings. The van der Waals surface area contributed by atoms with E-state index in [1.54, 1.807) is 7.11 Å². The van der Waals surface area contributed by atoms with Crippen molar-refractivity contribution in [2.24, 2.45) is 0 Å². The highest BCUT2D eigenvalue weighted by atomic mass is 19.1. The zero-order valence-corrected chi connectivity index (χ0v) is 10.8. The van der Waals surface area contributed by atoms with Gasteiger partial charge in [0.1, 0.15) is 5.82 Å². The van der Waals surface area contributed by atoms with E-state index in [2.05, 4.69) is 5.32 Å². The SMILES string of the molecule is COC1CCCCC1Nc1cc(F)cc([N+](=O)[O-])c1. The molecule has 2 atom stereocenters. The number of non-ortho nitro benzene ring substituents is 1. The van der Waals surface area contributed by atoms with E-state index < -0.39 is 10.7 Å². The summed E-state index contributed by atoms with van der Waals surface area (Å²) < 4.78 is 18.7. The molecule has 1 N–H and O–H groups in total. The number of nitrogens with zero attached hydrogens (tertiary/aromatic N) is 1. The molecular weight excluding hydrogens is 251 g/mol. The maximum absolute atomic E-state index is 13.3. The average molecular weight is 268 g/mol. The highest BCUT2D eigenvalue weighted by molar-refractivity contribution is 5.52. The molecular formula is C13H17FN2O3. The summed E-state index contributed by atoms with van der Waals surface area (Å²) in [6.45, 7) is 0. The second-order valence-electron chi connectivity index (χ2n) is 4.76. The Kier molecular flexibility index (Phi) is 4.31. The van der Waals surface area contributed by atoms with Crippen molar-refractivity contribution in [2.75, 3.05) is 12.4 Å². The molecule has 19 heavy (non-hydrogen) atoms. The van der Waals surface area contributed by atoms with E-state index in [4.69, 9.17) is 4.74 Å². The Balaban J connectivity index is 2.15. The highest BCUT2D eigenvalue weighted by Crippen LogP contribution is 2.26. The Bertz CT molecular complexity index is 467. The van der Waals surface area contributed by atoms with Crippen LogP contribution in [0.3, 0.4) is 0 Å². The predicted molar refractivity (Wildman–Crippen MR) is 69.7 cm³/mol. The number of hydrogen-bond acceptors (Lipinski definition) is 4. The van der Waals surface area contributed by atoms with Gasteiger partial charge in [0.2, 0.25) is 0 Å². The van der Waals surface area contributed by atoms with E-state index in [1.165, 1.54) is 12.1 Å². The molecule has 0 aliphatic heterocycles. The van der Waals surface area contributed by atoms with Crippen molar-refractivity contribution in [3.05, 3.63) is 34.1 Å². The largest absolute Gasteiger partial charge is 0.379 e. The minimum Gasteiger partial charge on any atom is -0.379 e. The molecule has 5 nitrogen and oxygen atoms in total. The van der Waals surface area contributed by atoms with Gasteiger partial charge >= 0.3 is 0 Å². The monoisotopic (exact) mass is 268 g/mol. The van der Waals surface area contributed by atoms with Crippen LogP contribution in [0.15, 0.2) is 18.2 Å². The molecule has 0 aromatic heterocycles. The first kappa shape index (κ1) is 13.7. The molecule has 0 bridgehead atoms.